The third-order valence-electron chi connectivity index (χ3n) is 4.23. The minimum Gasteiger partial charge on any atom is -0.383 e. The number of nitrogens with zero attached hydrogens (tertiary/aromatic N) is 5. The molecule has 136 valence electrons. The van der Waals surface area contributed by atoms with Gasteiger partial charge in [0.05, 0.1) is 11.4 Å². The zero-order valence-corrected chi connectivity index (χ0v) is 14.9. The third kappa shape index (κ3) is 3.53. The predicted octanol–water partition coefficient (Wildman–Crippen LogP) is 0.880. The molecular weight excluding hydrogens is 332 g/mol. The number of fused-ring (bicyclic) bond motifs is 1. The molecule has 3 N–H and O–H groups in total. The van der Waals surface area contributed by atoms with Crippen molar-refractivity contribution in [3.63, 3.8) is 0 Å². The fraction of sp³-hybridized carbons (Fsp3) is 0.444. The summed E-state index contributed by atoms with van der Waals surface area (Å²) in [5.41, 5.74) is 5.87. The molecule has 1 fully saturated rings. The molecule has 1 aliphatic rings. The molecule has 1 amide bonds. The molecule has 0 bridgehead atoms. The molecule has 0 spiro atoms. The maximum Gasteiger partial charge on any atom is 0.246 e. The van der Waals surface area contributed by atoms with Gasteiger partial charge in [-0.25, -0.2) is 14.6 Å². The Hall–Kier alpha value is -2.92. The van der Waals surface area contributed by atoms with Gasteiger partial charge in [-0.05, 0) is 38.7 Å². The highest BCUT2D eigenvalue weighted by atomic mass is 16.3. The highest BCUT2D eigenvalue weighted by Crippen LogP contribution is 2.28. The maximum absolute atomic E-state index is 12.0. The van der Waals surface area contributed by atoms with E-state index in [-0.39, 0.29) is 17.8 Å². The third-order valence-corrected chi connectivity index (χ3v) is 4.23. The molecule has 2 aromatic heterocycles. The normalized spacial score (nSPS) is 17.7. The molecule has 0 aliphatic carbocycles. The van der Waals surface area contributed by atoms with Crippen LogP contribution in [0.1, 0.15) is 38.4 Å². The summed E-state index contributed by atoms with van der Waals surface area (Å²) >= 11 is 0. The van der Waals surface area contributed by atoms with Crippen LogP contribution in [0, 0.1) is 11.8 Å². The predicted molar refractivity (Wildman–Crippen MR) is 98.0 cm³/mol. The van der Waals surface area contributed by atoms with E-state index >= 15 is 0 Å². The smallest absolute Gasteiger partial charge is 0.246 e. The zero-order chi connectivity index (χ0) is 18.9. The van der Waals surface area contributed by atoms with Crippen LogP contribution < -0.4 is 5.73 Å². The summed E-state index contributed by atoms with van der Waals surface area (Å²) in [5, 5.41) is 15.0. The van der Waals surface area contributed by atoms with Gasteiger partial charge in [-0.15, -0.1) is 0 Å². The molecule has 1 saturated heterocycles. The monoisotopic (exact) mass is 354 g/mol. The number of aromatic nitrogens is 4. The summed E-state index contributed by atoms with van der Waals surface area (Å²) in [6.45, 7) is 7.96. The Balaban J connectivity index is 2.06. The highest BCUT2D eigenvalue weighted by Gasteiger charge is 2.27. The Labute approximate surface area is 151 Å². The van der Waals surface area contributed by atoms with Crippen molar-refractivity contribution in [2.24, 2.45) is 0 Å². The lowest BCUT2D eigenvalue weighted by Gasteiger charge is -2.32. The first-order valence-electron chi connectivity index (χ1n) is 8.45. The van der Waals surface area contributed by atoms with Crippen molar-refractivity contribution in [3.8, 4) is 11.8 Å². The Morgan fingerprint density at radius 2 is 2.27 bits per heavy atom. The Bertz CT molecular complexity index is 915. The van der Waals surface area contributed by atoms with Crippen molar-refractivity contribution in [3.05, 3.63) is 24.7 Å². The largest absolute Gasteiger partial charge is 0.383 e. The fourth-order valence-corrected chi connectivity index (χ4v) is 3.03. The molecule has 1 aliphatic heterocycles. The zero-order valence-electron chi connectivity index (χ0n) is 14.9. The van der Waals surface area contributed by atoms with Crippen LogP contribution in [0.4, 0.5) is 5.82 Å². The fourth-order valence-electron chi connectivity index (χ4n) is 3.03. The van der Waals surface area contributed by atoms with E-state index in [9.17, 15) is 9.90 Å². The van der Waals surface area contributed by atoms with E-state index in [0.717, 1.165) is 12.8 Å². The SMILES string of the molecule is C=CC(=O)N1CCC[C@@H](n2nc(C#CC(C)(C)O)c3c(N)ncnc32)C1. The standard InChI is InChI=1S/C18H22N6O2/c1-4-14(25)23-9-5-6-12(10-23)24-17-15(16(19)20-11-21-17)13(22-24)7-8-18(2,3)26/h4,11-12,26H,1,5-6,9-10H2,2-3H3,(H2,19,20,21)/t12-/m1/s1. The summed E-state index contributed by atoms with van der Waals surface area (Å²) in [6.07, 6.45) is 4.43. The van der Waals surface area contributed by atoms with Crippen LogP contribution in [0.15, 0.2) is 19.0 Å². The van der Waals surface area contributed by atoms with Crippen molar-refractivity contribution in [2.75, 3.05) is 18.8 Å². The first kappa shape index (κ1) is 17.9. The van der Waals surface area contributed by atoms with Gasteiger partial charge < -0.3 is 15.7 Å². The van der Waals surface area contributed by atoms with Crippen LogP contribution in [-0.2, 0) is 4.79 Å². The molecule has 0 saturated carbocycles. The number of nitrogens with two attached hydrogens (primary N) is 1. The quantitative estimate of drug-likeness (QED) is 0.612. The van der Waals surface area contributed by atoms with E-state index < -0.39 is 5.60 Å². The van der Waals surface area contributed by atoms with Crippen LogP contribution in [0.2, 0.25) is 0 Å². The summed E-state index contributed by atoms with van der Waals surface area (Å²) in [4.78, 5) is 22.1. The lowest BCUT2D eigenvalue weighted by molar-refractivity contribution is -0.127. The van der Waals surface area contributed by atoms with Gasteiger partial charge >= 0.3 is 0 Å². The average Bonchev–Trinajstić information content (AvgIpc) is 2.99. The van der Waals surface area contributed by atoms with Crippen molar-refractivity contribution >= 4 is 22.8 Å². The van der Waals surface area contributed by atoms with Gasteiger partial charge in [-0.2, -0.15) is 5.10 Å². The topological polar surface area (TPSA) is 110 Å². The van der Waals surface area contributed by atoms with Crippen LogP contribution in [0.3, 0.4) is 0 Å². The lowest BCUT2D eigenvalue weighted by Crippen LogP contribution is -2.40. The molecule has 0 radical (unpaired) electrons. The Morgan fingerprint density at radius 3 is 2.96 bits per heavy atom. The average molecular weight is 354 g/mol. The minimum atomic E-state index is -1.15. The lowest BCUT2D eigenvalue weighted by atomic mass is 10.1. The van der Waals surface area contributed by atoms with E-state index in [1.54, 1.807) is 23.4 Å². The van der Waals surface area contributed by atoms with Gasteiger partial charge in [0, 0.05) is 13.1 Å². The molecule has 3 heterocycles. The van der Waals surface area contributed by atoms with Gasteiger partial charge in [-0.1, -0.05) is 12.5 Å². The number of aliphatic hydroxyl groups is 1. The molecular formula is C18H22N6O2. The summed E-state index contributed by atoms with van der Waals surface area (Å²) in [6, 6.07) is -0.0397. The second kappa shape index (κ2) is 6.77. The molecule has 26 heavy (non-hydrogen) atoms. The Kier molecular flexibility index (Phi) is 4.66. The molecule has 8 heteroatoms. The number of rotatable bonds is 2. The van der Waals surface area contributed by atoms with Gasteiger partial charge in [-0.3, -0.25) is 4.79 Å². The summed E-state index contributed by atoms with van der Waals surface area (Å²) in [7, 11) is 0. The summed E-state index contributed by atoms with van der Waals surface area (Å²) < 4.78 is 1.77. The number of carbonyl (C=O) groups is 1. The maximum atomic E-state index is 12.0. The van der Waals surface area contributed by atoms with E-state index in [1.807, 2.05) is 0 Å². The number of likely N-dealkylation sites (tertiary alicyclic amines) is 1. The van der Waals surface area contributed by atoms with Gasteiger partial charge in [0.15, 0.2) is 5.65 Å². The van der Waals surface area contributed by atoms with Crippen molar-refractivity contribution in [2.45, 2.75) is 38.3 Å². The van der Waals surface area contributed by atoms with Gasteiger partial charge in [0.2, 0.25) is 5.91 Å². The van der Waals surface area contributed by atoms with E-state index in [0.29, 0.717) is 29.8 Å². The molecule has 2 aromatic rings. The number of amides is 1. The second-order valence-electron chi connectivity index (χ2n) is 6.84. The first-order chi connectivity index (χ1) is 12.3. The molecule has 8 nitrogen and oxygen atoms in total. The molecule has 3 rings (SSSR count). The Morgan fingerprint density at radius 1 is 1.50 bits per heavy atom. The van der Waals surface area contributed by atoms with Crippen LogP contribution in [0.25, 0.3) is 11.0 Å². The number of nitrogen functional groups attached to an aromatic ring is 1. The molecule has 0 unspecified atom stereocenters. The molecule has 1 atom stereocenters. The van der Waals surface area contributed by atoms with E-state index in [2.05, 4.69) is 33.5 Å². The molecule has 0 aromatic carbocycles. The van der Waals surface area contributed by atoms with Crippen molar-refractivity contribution in [1.82, 2.24) is 24.6 Å². The second-order valence-corrected chi connectivity index (χ2v) is 6.84. The van der Waals surface area contributed by atoms with Crippen molar-refractivity contribution < 1.29 is 9.90 Å². The van der Waals surface area contributed by atoms with Crippen LogP contribution in [-0.4, -0.2) is 54.4 Å². The number of anilines is 1. The number of hydrogen-bond acceptors (Lipinski definition) is 6. The van der Waals surface area contributed by atoms with Gasteiger partial charge in [0.25, 0.3) is 0 Å². The number of piperidine rings is 1. The van der Waals surface area contributed by atoms with Crippen LogP contribution in [0.5, 0.6) is 0 Å². The van der Waals surface area contributed by atoms with Crippen molar-refractivity contribution in [1.29, 1.82) is 0 Å². The first-order valence-corrected chi connectivity index (χ1v) is 8.45. The summed E-state index contributed by atoms with van der Waals surface area (Å²) in [5.74, 6) is 5.83. The number of hydrogen-bond donors (Lipinski definition) is 2. The van der Waals surface area contributed by atoms with Crippen LogP contribution >= 0.6 is 0 Å². The number of carbonyl (C=O) groups excluding carboxylic acids is 1. The minimum absolute atomic E-state index is 0.0397. The van der Waals surface area contributed by atoms with E-state index in [4.69, 9.17) is 5.73 Å². The van der Waals surface area contributed by atoms with E-state index in [1.165, 1.54) is 12.4 Å². The van der Waals surface area contributed by atoms with Gasteiger partial charge in [0.1, 0.15) is 23.4 Å². The highest BCUT2D eigenvalue weighted by molar-refractivity contribution is 5.90.